The van der Waals surface area contributed by atoms with Crippen LogP contribution in [0, 0.1) is 0 Å². The Hall–Kier alpha value is -1.15. The summed E-state index contributed by atoms with van der Waals surface area (Å²) in [6.45, 7) is 4.53. The van der Waals surface area contributed by atoms with E-state index < -0.39 is 10.0 Å². The standard InChI is InChI=1S/C18H26ClN3O3S/c19-17-7-6-15(26(24,25)22-11-2-1-3-12-22)14-16(17)18(23)20-8-13-21-9-4-5-10-21/h6-7,14H,1-5,8-13H2,(H,20,23). The average molecular weight is 400 g/mol. The van der Waals surface area contributed by atoms with Gasteiger partial charge in [-0.2, -0.15) is 4.31 Å². The van der Waals surface area contributed by atoms with Crippen molar-refractivity contribution in [1.82, 2.24) is 14.5 Å². The molecule has 0 saturated carbocycles. The second kappa shape index (κ2) is 8.69. The quantitative estimate of drug-likeness (QED) is 0.797. The highest BCUT2D eigenvalue weighted by Crippen LogP contribution is 2.25. The van der Waals surface area contributed by atoms with Crippen molar-refractivity contribution in [3.8, 4) is 0 Å². The van der Waals surface area contributed by atoms with Crippen LogP contribution in [0.4, 0.5) is 0 Å². The van der Waals surface area contributed by atoms with Gasteiger partial charge in [0, 0.05) is 26.2 Å². The molecule has 144 valence electrons. The summed E-state index contributed by atoms with van der Waals surface area (Å²) in [7, 11) is -3.58. The average Bonchev–Trinajstić information content (AvgIpc) is 3.16. The molecule has 1 aromatic rings. The number of hydrogen-bond donors (Lipinski definition) is 1. The van der Waals surface area contributed by atoms with Gasteiger partial charge in [0.15, 0.2) is 0 Å². The van der Waals surface area contributed by atoms with Crippen molar-refractivity contribution in [3.63, 3.8) is 0 Å². The lowest BCUT2D eigenvalue weighted by atomic mass is 10.2. The predicted molar refractivity (Wildman–Crippen MR) is 102 cm³/mol. The van der Waals surface area contributed by atoms with Crippen LogP contribution < -0.4 is 5.32 Å². The molecular formula is C18H26ClN3O3S. The molecule has 26 heavy (non-hydrogen) atoms. The summed E-state index contributed by atoms with van der Waals surface area (Å²) in [4.78, 5) is 14.9. The fourth-order valence-electron chi connectivity index (χ4n) is 3.52. The highest BCUT2D eigenvalue weighted by molar-refractivity contribution is 7.89. The number of nitrogens with one attached hydrogen (secondary N) is 1. The summed E-state index contributed by atoms with van der Waals surface area (Å²) in [6.07, 6.45) is 5.21. The molecule has 1 aromatic carbocycles. The van der Waals surface area contributed by atoms with Gasteiger partial charge in [-0.05, 0) is 57.0 Å². The second-order valence-electron chi connectivity index (χ2n) is 6.91. The maximum atomic E-state index is 12.8. The van der Waals surface area contributed by atoms with E-state index in [1.807, 2.05) is 0 Å². The molecule has 6 nitrogen and oxygen atoms in total. The van der Waals surface area contributed by atoms with E-state index in [2.05, 4.69) is 10.2 Å². The minimum atomic E-state index is -3.58. The van der Waals surface area contributed by atoms with E-state index in [0.29, 0.717) is 19.6 Å². The van der Waals surface area contributed by atoms with Gasteiger partial charge < -0.3 is 10.2 Å². The van der Waals surface area contributed by atoms with E-state index in [9.17, 15) is 13.2 Å². The van der Waals surface area contributed by atoms with Gasteiger partial charge in [-0.25, -0.2) is 8.42 Å². The van der Waals surface area contributed by atoms with Gasteiger partial charge in [0.25, 0.3) is 5.91 Å². The number of likely N-dealkylation sites (tertiary alicyclic amines) is 1. The maximum absolute atomic E-state index is 12.8. The number of carbonyl (C=O) groups excluding carboxylic acids is 1. The summed E-state index contributed by atoms with van der Waals surface area (Å²) >= 11 is 6.15. The lowest BCUT2D eigenvalue weighted by Gasteiger charge is -2.26. The van der Waals surface area contributed by atoms with Crippen LogP contribution in [0.3, 0.4) is 0 Å². The van der Waals surface area contributed by atoms with Crippen molar-refractivity contribution in [3.05, 3.63) is 28.8 Å². The molecule has 0 unspecified atom stereocenters. The number of amides is 1. The first-order valence-corrected chi connectivity index (χ1v) is 11.1. The minimum absolute atomic E-state index is 0.133. The first kappa shape index (κ1) is 19.6. The molecule has 2 aliphatic heterocycles. The molecule has 0 radical (unpaired) electrons. The largest absolute Gasteiger partial charge is 0.351 e. The Labute approximate surface area is 160 Å². The van der Waals surface area contributed by atoms with Gasteiger partial charge in [0.1, 0.15) is 0 Å². The van der Waals surface area contributed by atoms with Crippen LogP contribution >= 0.6 is 11.6 Å². The van der Waals surface area contributed by atoms with Gasteiger partial charge in [-0.1, -0.05) is 18.0 Å². The highest BCUT2D eigenvalue weighted by Gasteiger charge is 2.27. The second-order valence-corrected chi connectivity index (χ2v) is 9.26. The first-order valence-electron chi connectivity index (χ1n) is 9.29. The number of piperidine rings is 1. The zero-order chi connectivity index (χ0) is 18.6. The van der Waals surface area contributed by atoms with E-state index in [4.69, 9.17) is 11.6 Å². The van der Waals surface area contributed by atoms with Gasteiger partial charge in [-0.15, -0.1) is 0 Å². The zero-order valence-corrected chi connectivity index (χ0v) is 16.5. The van der Waals surface area contributed by atoms with Crippen LogP contribution in [0.1, 0.15) is 42.5 Å². The summed E-state index contributed by atoms with van der Waals surface area (Å²) in [5.74, 6) is -0.329. The molecule has 2 fully saturated rings. The third-order valence-electron chi connectivity index (χ3n) is 5.05. The Bertz CT molecular complexity index is 742. The third-order valence-corrected chi connectivity index (χ3v) is 7.27. The third kappa shape index (κ3) is 4.57. The number of halogens is 1. The molecule has 2 saturated heterocycles. The van der Waals surface area contributed by atoms with E-state index in [1.165, 1.54) is 35.3 Å². The lowest BCUT2D eigenvalue weighted by Crippen LogP contribution is -2.36. The summed E-state index contributed by atoms with van der Waals surface area (Å²) in [5, 5.41) is 3.12. The van der Waals surface area contributed by atoms with Gasteiger partial charge in [0.05, 0.1) is 15.5 Å². The van der Waals surface area contributed by atoms with Gasteiger partial charge in [-0.3, -0.25) is 4.79 Å². The predicted octanol–water partition coefficient (Wildman–Crippen LogP) is 2.34. The summed E-state index contributed by atoms with van der Waals surface area (Å²) in [6, 6.07) is 4.37. The molecule has 2 heterocycles. The maximum Gasteiger partial charge on any atom is 0.252 e. The normalized spacial score (nSPS) is 19.6. The smallest absolute Gasteiger partial charge is 0.252 e. The minimum Gasteiger partial charge on any atom is -0.351 e. The zero-order valence-electron chi connectivity index (χ0n) is 14.9. The molecule has 2 aliphatic rings. The lowest BCUT2D eigenvalue weighted by molar-refractivity contribution is 0.0949. The van der Waals surface area contributed by atoms with Crippen LogP contribution in [0.2, 0.25) is 5.02 Å². The molecule has 1 N–H and O–H groups in total. The topological polar surface area (TPSA) is 69.7 Å². The molecule has 0 aliphatic carbocycles. The van der Waals surface area contributed by atoms with E-state index in [-0.39, 0.29) is 21.4 Å². The Morgan fingerprint density at radius 3 is 2.38 bits per heavy atom. The number of rotatable bonds is 6. The molecular weight excluding hydrogens is 374 g/mol. The number of carbonyl (C=O) groups is 1. The molecule has 0 atom stereocenters. The fourth-order valence-corrected chi connectivity index (χ4v) is 5.27. The summed E-state index contributed by atoms with van der Waals surface area (Å²) < 4.78 is 27.1. The van der Waals surface area contributed by atoms with Crippen molar-refractivity contribution < 1.29 is 13.2 Å². The van der Waals surface area contributed by atoms with Crippen LogP contribution in [0.25, 0.3) is 0 Å². The number of hydrogen-bond acceptors (Lipinski definition) is 4. The highest BCUT2D eigenvalue weighted by atomic mass is 35.5. The molecule has 3 rings (SSSR count). The van der Waals surface area contributed by atoms with Crippen molar-refractivity contribution >= 4 is 27.5 Å². The molecule has 1 amide bonds. The number of sulfonamides is 1. The fraction of sp³-hybridized carbons (Fsp3) is 0.611. The van der Waals surface area contributed by atoms with Crippen LogP contribution in [0.5, 0.6) is 0 Å². The van der Waals surface area contributed by atoms with Crippen molar-refractivity contribution in [2.45, 2.75) is 37.0 Å². The van der Waals surface area contributed by atoms with Crippen molar-refractivity contribution in [2.24, 2.45) is 0 Å². The molecule has 0 bridgehead atoms. The number of benzene rings is 1. The van der Waals surface area contributed by atoms with Crippen LogP contribution in [-0.2, 0) is 10.0 Å². The van der Waals surface area contributed by atoms with E-state index >= 15 is 0 Å². The monoisotopic (exact) mass is 399 g/mol. The summed E-state index contributed by atoms with van der Waals surface area (Å²) in [5.41, 5.74) is 0.214. The molecule has 0 spiro atoms. The molecule has 8 heteroatoms. The van der Waals surface area contributed by atoms with Crippen LogP contribution in [-0.4, -0.2) is 62.8 Å². The van der Waals surface area contributed by atoms with Crippen molar-refractivity contribution in [1.29, 1.82) is 0 Å². The van der Waals surface area contributed by atoms with Gasteiger partial charge in [0.2, 0.25) is 10.0 Å². The Kier molecular flexibility index (Phi) is 6.55. The Morgan fingerprint density at radius 1 is 1.04 bits per heavy atom. The number of nitrogens with zero attached hydrogens (tertiary/aromatic N) is 2. The van der Waals surface area contributed by atoms with E-state index in [0.717, 1.165) is 38.9 Å². The first-order chi connectivity index (χ1) is 12.5. The Balaban J connectivity index is 1.69. The van der Waals surface area contributed by atoms with E-state index in [1.54, 1.807) is 0 Å². The Morgan fingerprint density at radius 2 is 1.69 bits per heavy atom. The van der Waals surface area contributed by atoms with Gasteiger partial charge >= 0.3 is 0 Å². The molecule has 0 aromatic heterocycles. The SMILES string of the molecule is O=C(NCCN1CCCC1)c1cc(S(=O)(=O)N2CCCCC2)ccc1Cl. The van der Waals surface area contributed by atoms with Crippen LogP contribution in [0.15, 0.2) is 23.1 Å². The van der Waals surface area contributed by atoms with Crippen molar-refractivity contribution in [2.75, 3.05) is 39.3 Å².